The highest BCUT2D eigenvalue weighted by atomic mass is 19.4. The number of piperidine rings is 1. The summed E-state index contributed by atoms with van der Waals surface area (Å²) in [6.45, 7) is 0.0562. The van der Waals surface area contributed by atoms with Gasteiger partial charge < -0.3 is 4.90 Å². The SMILES string of the molecule is N#CC1(C(=O)N2CCCC(C(F)(F)F)C2)CCCCC1. The van der Waals surface area contributed by atoms with Gasteiger partial charge >= 0.3 is 6.18 Å². The zero-order chi connectivity index (χ0) is 14.8. The van der Waals surface area contributed by atoms with E-state index in [-0.39, 0.29) is 18.9 Å². The molecule has 1 aliphatic heterocycles. The second kappa shape index (κ2) is 5.63. The minimum Gasteiger partial charge on any atom is -0.341 e. The lowest BCUT2D eigenvalue weighted by Gasteiger charge is -2.39. The molecule has 2 aliphatic rings. The van der Waals surface area contributed by atoms with Gasteiger partial charge in [-0.15, -0.1) is 0 Å². The van der Waals surface area contributed by atoms with Crippen LogP contribution in [0.2, 0.25) is 0 Å². The van der Waals surface area contributed by atoms with Crippen LogP contribution in [0.5, 0.6) is 0 Å². The van der Waals surface area contributed by atoms with Gasteiger partial charge in [0.05, 0.1) is 12.0 Å². The minimum atomic E-state index is -4.26. The van der Waals surface area contributed by atoms with Gasteiger partial charge in [0.1, 0.15) is 5.41 Å². The molecule has 0 N–H and O–H groups in total. The molecule has 1 saturated carbocycles. The second-order valence-corrected chi connectivity index (χ2v) is 5.89. The van der Waals surface area contributed by atoms with Crippen molar-refractivity contribution >= 4 is 5.91 Å². The predicted molar refractivity (Wildman–Crippen MR) is 66.5 cm³/mol. The van der Waals surface area contributed by atoms with Crippen LogP contribution in [0, 0.1) is 22.7 Å². The summed E-state index contributed by atoms with van der Waals surface area (Å²) in [5, 5.41) is 9.35. The van der Waals surface area contributed by atoms with E-state index in [1.54, 1.807) is 0 Å². The van der Waals surface area contributed by atoms with Crippen molar-refractivity contribution < 1.29 is 18.0 Å². The summed E-state index contributed by atoms with van der Waals surface area (Å²) in [6.07, 6.45) is -0.270. The molecule has 2 rings (SSSR count). The maximum atomic E-state index is 12.8. The first-order valence-electron chi connectivity index (χ1n) is 7.16. The lowest BCUT2D eigenvalue weighted by molar-refractivity contribution is -0.189. The average molecular weight is 288 g/mol. The normalized spacial score (nSPS) is 26.9. The first kappa shape index (κ1) is 15.1. The van der Waals surface area contributed by atoms with Gasteiger partial charge in [-0.3, -0.25) is 4.79 Å². The number of carbonyl (C=O) groups excluding carboxylic acids is 1. The summed E-state index contributed by atoms with van der Waals surface area (Å²) >= 11 is 0. The number of nitriles is 1. The van der Waals surface area contributed by atoms with Crippen LogP contribution in [0.25, 0.3) is 0 Å². The number of hydrogen-bond acceptors (Lipinski definition) is 2. The number of hydrogen-bond donors (Lipinski definition) is 0. The number of alkyl halides is 3. The Morgan fingerprint density at radius 1 is 1.20 bits per heavy atom. The molecule has 2 fully saturated rings. The number of halogens is 3. The molecule has 20 heavy (non-hydrogen) atoms. The maximum absolute atomic E-state index is 12.8. The van der Waals surface area contributed by atoms with Gasteiger partial charge in [-0.05, 0) is 25.7 Å². The number of carbonyl (C=O) groups is 1. The second-order valence-electron chi connectivity index (χ2n) is 5.89. The van der Waals surface area contributed by atoms with Crippen molar-refractivity contribution in [2.75, 3.05) is 13.1 Å². The highest BCUT2D eigenvalue weighted by Gasteiger charge is 2.47. The zero-order valence-corrected chi connectivity index (χ0v) is 11.4. The van der Waals surface area contributed by atoms with E-state index < -0.39 is 17.5 Å². The molecule has 1 saturated heterocycles. The molecular formula is C14H19F3N2O. The third-order valence-corrected chi connectivity index (χ3v) is 4.50. The van der Waals surface area contributed by atoms with Gasteiger partial charge in [0.25, 0.3) is 0 Å². The third-order valence-electron chi connectivity index (χ3n) is 4.50. The van der Waals surface area contributed by atoms with E-state index in [0.717, 1.165) is 19.3 Å². The van der Waals surface area contributed by atoms with Crippen molar-refractivity contribution in [1.29, 1.82) is 5.26 Å². The molecule has 0 radical (unpaired) electrons. The molecule has 3 nitrogen and oxygen atoms in total. The molecular weight excluding hydrogens is 269 g/mol. The van der Waals surface area contributed by atoms with Crippen molar-refractivity contribution in [3.8, 4) is 6.07 Å². The van der Waals surface area contributed by atoms with Gasteiger partial charge in [0.2, 0.25) is 5.91 Å². The molecule has 112 valence electrons. The Hall–Kier alpha value is -1.25. The minimum absolute atomic E-state index is 0.0762. The van der Waals surface area contributed by atoms with E-state index in [4.69, 9.17) is 0 Å². The van der Waals surface area contributed by atoms with Gasteiger partial charge in [0, 0.05) is 13.1 Å². The summed E-state index contributed by atoms with van der Waals surface area (Å²) in [5.74, 6) is -1.83. The Balaban J connectivity index is 2.10. The lowest BCUT2D eigenvalue weighted by atomic mass is 9.74. The quantitative estimate of drug-likeness (QED) is 0.743. The fourth-order valence-corrected chi connectivity index (χ4v) is 3.26. The summed E-state index contributed by atoms with van der Waals surface area (Å²) in [5.41, 5.74) is -1.08. The predicted octanol–water partition coefficient (Wildman–Crippen LogP) is 3.26. The number of likely N-dealkylation sites (tertiary alicyclic amines) is 1. The summed E-state index contributed by atoms with van der Waals surface area (Å²) in [6, 6.07) is 2.10. The van der Waals surface area contributed by atoms with E-state index in [1.807, 2.05) is 0 Å². The highest BCUT2D eigenvalue weighted by molar-refractivity contribution is 5.85. The molecule has 1 unspecified atom stereocenters. The first-order valence-corrected chi connectivity index (χ1v) is 7.16. The van der Waals surface area contributed by atoms with Crippen LogP contribution in [-0.2, 0) is 4.79 Å². The molecule has 6 heteroatoms. The molecule has 0 aromatic carbocycles. The van der Waals surface area contributed by atoms with Crippen molar-refractivity contribution in [1.82, 2.24) is 4.90 Å². The first-order chi connectivity index (χ1) is 9.39. The fourth-order valence-electron chi connectivity index (χ4n) is 3.26. The van der Waals surface area contributed by atoms with Gasteiger partial charge in [-0.2, -0.15) is 18.4 Å². The summed E-state index contributed by atoms with van der Waals surface area (Å²) in [7, 11) is 0. The Morgan fingerprint density at radius 3 is 2.40 bits per heavy atom. The maximum Gasteiger partial charge on any atom is 0.393 e. The summed E-state index contributed by atoms with van der Waals surface area (Å²) in [4.78, 5) is 13.8. The van der Waals surface area contributed by atoms with Crippen LogP contribution in [0.3, 0.4) is 0 Å². The van der Waals surface area contributed by atoms with Crippen molar-refractivity contribution in [2.45, 2.75) is 51.1 Å². The van der Waals surface area contributed by atoms with Crippen LogP contribution in [0.4, 0.5) is 13.2 Å². The lowest BCUT2D eigenvalue weighted by Crippen LogP contribution is -2.50. The van der Waals surface area contributed by atoms with E-state index >= 15 is 0 Å². The average Bonchev–Trinajstić information content (AvgIpc) is 2.46. The Labute approximate surface area is 116 Å². The van der Waals surface area contributed by atoms with Crippen molar-refractivity contribution in [3.05, 3.63) is 0 Å². The molecule has 1 atom stereocenters. The topological polar surface area (TPSA) is 44.1 Å². The summed E-state index contributed by atoms with van der Waals surface area (Å²) < 4.78 is 38.4. The molecule has 0 aromatic heterocycles. The number of amides is 1. The van der Waals surface area contributed by atoms with E-state index in [1.165, 1.54) is 4.90 Å². The Bertz CT molecular complexity index is 408. The highest BCUT2D eigenvalue weighted by Crippen LogP contribution is 2.40. The van der Waals surface area contributed by atoms with Crippen LogP contribution in [0.1, 0.15) is 44.9 Å². The van der Waals surface area contributed by atoms with Crippen LogP contribution >= 0.6 is 0 Å². The Kier molecular flexibility index (Phi) is 4.26. The third kappa shape index (κ3) is 2.92. The Morgan fingerprint density at radius 2 is 1.85 bits per heavy atom. The molecule has 1 heterocycles. The smallest absolute Gasteiger partial charge is 0.341 e. The molecule has 1 aliphatic carbocycles. The molecule has 0 aromatic rings. The van der Waals surface area contributed by atoms with E-state index in [9.17, 15) is 23.2 Å². The molecule has 0 bridgehead atoms. The van der Waals surface area contributed by atoms with Crippen LogP contribution in [-0.4, -0.2) is 30.1 Å². The molecule has 0 spiro atoms. The van der Waals surface area contributed by atoms with Crippen molar-refractivity contribution in [2.24, 2.45) is 11.3 Å². The van der Waals surface area contributed by atoms with Gasteiger partial charge in [-0.1, -0.05) is 19.3 Å². The van der Waals surface area contributed by atoms with E-state index in [2.05, 4.69) is 6.07 Å². The van der Waals surface area contributed by atoms with Crippen LogP contribution in [0.15, 0.2) is 0 Å². The largest absolute Gasteiger partial charge is 0.393 e. The monoisotopic (exact) mass is 288 g/mol. The fraction of sp³-hybridized carbons (Fsp3) is 0.857. The number of nitrogens with zero attached hydrogens (tertiary/aromatic N) is 2. The zero-order valence-electron chi connectivity index (χ0n) is 11.4. The standard InChI is InChI=1S/C14H19F3N2O/c15-14(16,17)11-5-4-8-19(9-11)12(20)13(10-18)6-2-1-3-7-13/h11H,1-9H2. The van der Waals surface area contributed by atoms with Gasteiger partial charge in [-0.25, -0.2) is 0 Å². The van der Waals surface area contributed by atoms with E-state index in [0.29, 0.717) is 25.8 Å². The van der Waals surface area contributed by atoms with Gasteiger partial charge in [0.15, 0.2) is 0 Å². The van der Waals surface area contributed by atoms with Crippen molar-refractivity contribution in [3.63, 3.8) is 0 Å². The van der Waals surface area contributed by atoms with Crippen LogP contribution < -0.4 is 0 Å². The number of rotatable bonds is 1. The molecule has 1 amide bonds.